The maximum absolute atomic E-state index is 6.05. The van der Waals surface area contributed by atoms with Crippen molar-refractivity contribution < 1.29 is 0 Å². The Morgan fingerprint density at radius 2 is 1.91 bits per heavy atom. The largest absolute Gasteiger partial charge is 0.366 e. The molecule has 1 aromatic heterocycles. The number of aromatic nitrogens is 3. The highest BCUT2D eigenvalue weighted by atomic mass is 35.5. The number of hydrogen-bond donors (Lipinski definition) is 2. The smallest absolute Gasteiger partial charge is 0.249 e. The minimum Gasteiger partial charge on any atom is -0.366 e. The Labute approximate surface area is 141 Å². The second kappa shape index (κ2) is 7.59. The standard InChI is InChI=1S/C17H22ClN5/c1-12-8-9-13(18)10-15(12)21-17-22-16(11-19-23-17)20-14-6-4-2-3-5-7-14/h8-11,14H,2-7H2,1H3,(H2,20,21,22,23). The summed E-state index contributed by atoms with van der Waals surface area (Å²) in [6.45, 7) is 2.01. The molecule has 2 aromatic rings. The summed E-state index contributed by atoms with van der Waals surface area (Å²) in [5, 5.41) is 15.5. The molecule has 23 heavy (non-hydrogen) atoms. The van der Waals surface area contributed by atoms with Gasteiger partial charge in [-0.15, -0.1) is 5.10 Å². The molecule has 6 heteroatoms. The molecule has 0 saturated heterocycles. The van der Waals surface area contributed by atoms with Gasteiger partial charge in [-0.25, -0.2) is 0 Å². The normalized spacial score (nSPS) is 15.9. The van der Waals surface area contributed by atoms with E-state index < -0.39 is 0 Å². The van der Waals surface area contributed by atoms with Crippen molar-refractivity contribution >= 4 is 29.1 Å². The SMILES string of the molecule is Cc1ccc(Cl)cc1Nc1nncc(NC2CCCCCC2)n1. The van der Waals surface area contributed by atoms with Gasteiger partial charge in [0.2, 0.25) is 5.95 Å². The number of nitrogens with zero attached hydrogens (tertiary/aromatic N) is 3. The molecule has 0 spiro atoms. The number of benzene rings is 1. The summed E-state index contributed by atoms with van der Waals surface area (Å²) in [7, 11) is 0. The van der Waals surface area contributed by atoms with E-state index in [4.69, 9.17) is 11.6 Å². The maximum atomic E-state index is 6.05. The van der Waals surface area contributed by atoms with Gasteiger partial charge in [0.15, 0.2) is 5.82 Å². The van der Waals surface area contributed by atoms with E-state index in [0.29, 0.717) is 17.0 Å². The van der Waals surface area contributed by atoms with Crippen molar-refractivity contribution in [2.75, 3.05) is 10.6 Å². The summed E-state index contributed by atoms with van der Waals surface area (Å²) in [5.74, 6) is 1.25. The molecule has 1 heterocycles. The molecule has 5 nitrogen and oxygen atoms in total. The van der Waals surface area contributed by atoms with Gasteiger partial charge in [0, 0.05) is 16.8 Å². The van der Waals surface area contributed by atoms with E-state index in [1.807, 2.05) is 25.1 Å². The van der Waals surface area contributed by atoms with E-state index in [2.05, 4.69) is 25.8 Å². The molecular formula is C17H22ClN5. The van der Waals surface area contributed by atoms with Crippen molar-refractivity contribution in [3.05, 3.63) is 35.0 Å². The monoisotopic (exact) mass is 331 g/mol. The Morgan fingerprint density at radius 3 is 2.70 bits per heavy atom. The van der Waals surface area contributed by atoms with E-state index >= 15 is 0 Å². The minimum absolute atomic E-state index is 0.481. The fourth-order valence-corrected chi connectivity index (χ4v) is 3.08. The van der Waals surface area contributed by atoms with Crippen molar-refractivity contribution in [1.29, 1.82) is 0 Å². The third-order valence-corrected chi connectivity index (χ3v) is 4.45. The first kappa shape index (κ1) is 16.0. The first-order chi connectivity index (χ1) is 11.2. The van der Waals surface area contributed by atoms with Crippen LogP contribution in [0.15, 0.2) is 24.4 Å². The molecule has 1 aliphatic rings. The number of nitrogens with one attached hydrogen (secondary N) is 2. The summed E-state index contributed by atoms with van der Waals surface area (Å²) in [6, 6.07) is 6.18. The van der Waals surface area contributed by atoms with E-state index in [1.54, 1.807) is 6.20 Å². The molecule has 3 rings (SSSR count). The van der Waals surface area contributed by atoms with Gasteiger partial charge in [-0.3, -0.25) is 0 Å². The zero-order chi connectivity index (χ0) is 16.1. The topological polar surface area (TPSA) is 62.7 Å². The number of rotatable bonds is 4. The molecular weight excluding hydrogens is 310 g/mol. The average Bonchev–Trinajstić information content (AvgIpc) is 2.80. The number of aryl methyl sites for hydroxylation is 1. The van der Waals surface area contributed by atoms with Crippen LogP contribution in [-0.2, 0) is 0 Å². The van der Waals surface area contributed by atoms with Crippen LogP contribution in [0.1, 0.15) is 44.1 Å². The number of halogens is 1. The van der Waals surface area contributed by atoms with Crippen molar-refractivity contribution in [3.63, 3.8) is 0 Å². The lowest BCUT2D eigenvalue weighted by molar-refractivity contribution is 0.617. The van der Waals surface area contributed by atoms with Crippen molar-refractivity contribution in [3.8, 4) is 0 Å². The molecule has 0 amide bonds. The Hall–Kier alpha value is -1.88. The lowest BCUT2D eigenvalue weighted by Gasteiger charge is -2.17. The van der Waals surface area contributed by atoms with Gasteiger partial charge < -0.3 is 10.6 Å². The quantitative estimate of drug-likeness (QED) is 0.794. The third-order valence-electron chi connectivity index (χ3n) is 4.21. The van der Waals surface area contributed by atoms with Gasteiger partial charge >= 0.3 is 0 Å². The van der Waals surface area contributed by atoms with E-state index in [-0.39, 0.29) is 0 Å². The van der Waals surface area contributed by atoms with Crippen molar-refractivity contribution in [2.24, 2.45) is 0 Å². The van der Waals surface area contributed by atoms with Crippen LogP contribution in [0.4, 0.5) is 17.5 Å². The second-order valence-electron chi connectivity index (χ2n) is 6.08. The second-order valence-corrected chi connectivity index (χ2v) is 6.52. The third kappa shape index (κ3) is 4.55. The van der Waals surface area contributed by atoms with E-state index in [9.17, 15) is 0 Å². The van der Waals surface area contributed by atoms with Gasteiger partial charge in [0.1, 0.15) is 0 Å². The molecule has 0 atom stereocenters. The van der Waals surface area contributed by atoms with Gasteiger partial charge in [-0.1, -0.05) is 43.4 Å². The highest BCUT2D eigenvalue weighted by molar-refractivity contribution is 6.30. The van der Waals surface area contributed by atoms with E-state index in [0.717, 1.165) is 17.1 Å². The van der Waals surface area contributed by atoms with Gasteiger partial charge in [-0.2, -0.15) is 10.1 Å². The van der Waals surface area contributed by atoms with Crippen LogP contribution in [0, 0.1) is 6.92 Å². The van der Waals surface area contributed by atoms with Crippen LogP contribution < -0.4 is 10.6 Å². The molecule has 122 valence electrons. The highest BCUT2D eigenvalue weighted by Crippen LogP contribution is 2.23. The summed E-state index contributed by atoms with van der Waals surface area (Å²) in [5.41, 5.74) is 1.98. The lowest BCUT2D eigenvalue weighted by Crippen LogP contribution is -2.19. The Balaban J connectivity index is 1.70. The average molecular weight is 332 g/mol. The molecule has 0 bridgehead atoms. The van der Waals surface area contributed by atoms with Crippen molar-refractivity contribution in [2.45, 2.75) is 51.5 Å². The van der Waals surface area contributed by atoms with Gasteiger partial charge in [-0.05, 0) is 37.5 Å². The van der Waals surface area contributed by atoms with Crippen LogP contribution in [0.5, 0.6) is 0 Å². The molecule has 0 unspecified atom stereocenters. The highest BCUT2D eigenvalue weighted by Gasteiger charge is 2.13. The van der Waals surface area contributed by atoms with Crippen LogP contribution in [0.3, 0.4) is 0 Å². The zero-order valence-corrected chi connectivity index (χ0v) is 14.1. The number of hydrogen-bond acceptors (Lipinski definition) is 5. The predicted molar refractivity (Wildman–Crippen MR) is 94.4 cm³/mol. The lowest BCUT2D eigenvalue weighted by atomic mass is 10.1. The summed E-state index contributed by atoms with van der Waals surface area (Å²) in [4.78, 5) is 4.52. The first-order valence-electron chi connectivity index (χ1n) is 8.20. The van der Waals surface area contributed by atoms with Gasteiger partial charge in [0.25, 0.3) is 0 Å². The van der Waals surface area contributed by atoms with E-state index in [1.165, 1.54) is 38.5 Å². The van der Waals surface area contributed by atoms with Crippen LogP contribution in [0.25, 0.3) is 0 Å². The zero-order valence-electron chi connectivity index (χ0n) is 13.3. The Bertz CT molecular complexity index is 653. The predicted octanol–water partition coefficient (Wildman–Crippen LogP) is 4.71. The van der Waals surface area contributed by atoms with Gasteiger partial charge in [0.05, 0.1) is 6.20 Å². The summed E-state index contributed by atoms with van der Waals surface area (Å²) in [6.07, 6.45) is 9.30. The molecule has 1 aromatic carbocycles. The fraction of sp³-hybridized carbons (Fsp3) is 0.471. The van der Waals surface area contributed by atoms with Crippen molar-refractivity contribution in [1.82, 2.24) is 15.2 Å². The molecule has 2 N–H and O–H groups in total. The summed E-state index contributed by atoms with van der Waals surface area (Å²) >= 11 is 6.05. The molecule has 1 saturated carbocycles. The Morgan fingerprint density at radius 1 is 1.13 bits per heavy atom. The minimum atomic E-state index is 0.481. The first-order valence-corrected chi connectivity index (χ1v) is 8.58. The Kier molecular flexibility index (Phi) is 5.28. The molecule has 0 radical (unpaired) electrons. The fourth-order valence-electron chi connectivity index (χ4n) is 2.91. The maximum Gasteiger partial charge on any atom is 0.249 e. The molecule has 0 aliphatic heterocycles. The van der Waals surface area contributed by atoms with Crippen LogP contribution >= 0.6 is 11.6 Å². The summed E-state index contributed by atoms with van der Waals surface area (Å²) < 4.78 is 0. The van der Waals surface area contributed by atoms with Crippen LogP contribution in [-0.4, -0.2) is 21.2 Å². The van der Waals surface area contributed by atoms with Crippen LogP contribution in [0.2, 0.25) is 5.02 Å². The molecule has 1 fully saturated rings. The number of anilines is 3. The molecule has 1 aliphatic carbocycles.